The maximum absolute atomic E-state index is 12.6. The van der Waals surface area contributed by atoms with Crippen LogP contribution in [0.4, 0.5) is 0 Å². The average molecular weight is 341 g/mol. The topological polar surface area (TPSA) is 49.6 Å². The van der Waals surface area contributed by atoms with Gasteiger partial charge in [-0.3, -0.25) is 9.69 Å². The zero-order valence-corrected chi connectivity index (χ0v) is 15.0. The number of oxazole rings is 1. The number of carbonyl (C=O) groups excluding carboxylic acids is 1. The molecule has 5 heteroatoms. The SMILES string of the molecule is CC1CCN(C(=O)CN2CCC[C@@H](c3nc4ccccc4o3)C2)CC1. The predicted molar refractivity (Wildman–Crippen MR) is 97.4 cm³/mol. The number of rotatable bonds is 3. The monoisotopic (exact) mass is 341 g/mol. The van der Waals surface area contributed by atoms with Crippen molar-refractivity contribution in [1.29, 1.82) is 0 Å². The van der Waals surface area contributed by atoms with E-state index in [1.165, 1.54) is 0 Å². The van der Waals surface area contributed by atoms with Crippen molar-refractivity contribution >= 4 is 17.0 Å². The summed E-state index contributed by atoms with van der Waals surface area (Å²) in [5, 5.41) is 0. The van der Waals surface area contributed by atoms with Crippen LogP contribution in [0.15, 0.2) is 28.7 Å². The molecule has 1 atom stereocenters. The Balaban J connectivity index is 1.38. The van der Waals surface area contributed by atoms with Crippen molar-refractivity contribution in [2.75, 3.05) is 32.7 Å². The van der Waals surface area contributed by atoms with Gasteiger partial charge in [-0.2, -0.15) is 0 Å². The number of hydrogen-bond donors (Lipinski definition) is 0. The summed E-state index contributed by atoms with van der Waals surface area (Å²) in [7, 11) is 0. The van der Waals surface area contributed by atoms with Crippen LogP contribution in [0.3, 0.4) is 0 Å². The molecule has 0 aliphatic carbocycles. The molecule has 0 bridgehead atoms. The van der Waals surface area contributed by atoms with Crippen molar-refractivity contribution in [2.45, 2.75) is 38.5 Å². The normalized spacial score (nSPS) is 23.2. The third-order valence-corrected chi connectivity index (χ3v) is 5.66. The van der Waals surface area contributed by atoms with E-state index in [1.807, 2.05) is 29.2 Å². The lowest BCUT2D eigenvalue weighted by atomic mass is 9.97. The van der Waals surface area contributed by atoms with Crippen LogP contribution in [0.5, 0.6) is 0 Å². The van der Waals surface area contributed by atoms with E-state index in [2.05, 4.69) is 16.8 Å². The van der Waals surface area contributed by atoms with E-state index >= 15 is 0 Å². The highest BCUT2D eigenvalue weighted by Gasteiger charge is 2.28. The Hall–Kier alpha value is -1.88. The largest absolute Gasteiger partial charge is 0.440 e. The molecule has 0 radical (unpaired) electrons. The summed E-state index contributed by atoms with van der Waals surface area (Å²) >= 11 is 0. The van der Waals surface area contributed by atoms with E-state index in [1.54, 1.807) is 0 Å². The number of carbonyl (C=O) groups is 1. The molecule has 0 unspecified atom stereocenters. The number of piperidine rings is 2. The summed E-state index contributed by atoms with van der Waals surface area (Å²) < 4.78 is 5.96. The summed E-state index contributed by atoms with van der Waals surface area (Å²) in [4.78, 5) is 21.6. The highest BCUT2D eigenvalue weighted by atomic mass is 16.3. The number of amides is 1. The van der Waals surface area contributed by atoms with E-state index < -0.39 is 0 Å². The summed E-state index contributed by atoms with van der Waals surface area (Å²) in [5.74, 6) is 2.15. The van der Waals surface area contributed by atoms with E-state index in [0.717, 1.165) is 74.8 Å². The molecule has 134 valence electrons. The molecule has 3 heterocycles. The lowest BCUT2D eigenvalue weighted by molar-refractivity contribution is -0.134. The van der Waals surface area contributed by atoms with Crippen LogP contribution in [-0.2, 0) is 4.79 Å². The number of para-hydroxylation sites is 2. The molecule has 0 spiro atoms. The minimum absolute atomic E-state index is 0.283. The molecule has 1 amide bonds. The Morgan fingerprint density at radius 3 is 2.80 bits per heavy atom. The van der Waals surface area contributed by atoms with Crippen LogP contribution < -0.4 is 0 Å². The zero-order valence-electron chi connectivity index (χ0n) is 15.0. The first-order valence-electron chi connectivity index (χ1n) is 9.54. The van der Waals surface area contributed by atoms with Gasteiger partial charge in [-0.05, 0) is 50.3 Å². The van der Waals surface area contributed by atoms with Gasteiger partial charge < -0.3 is 9.32 Å². The molecule has 4 rings (SSSR count). The zero-order chi connectivity index (χ0) is 17.2. The third-order valence-electron chi connectivity index (χ3n) is 5.66. The second-order valence-electron chi connectivity index (χ2n) is 7.66. The minimum atomic E-state index is 0.283. The lowest BCUT2D eigenvalue weighted by Gasteiger charge is -2.35. The maximum Gasteiger partial charge on any atom is 0.236 e. The van der Waals surface area contributed by atoms with Crippen LogP contribution in [0.25, 0.3) is 11.1 Å². The summed E-state index contributed by atoms with van der Waals surface area (Å²) in [6.07, 6.45) is 4.45. The van der Waals surface area contributed by atoms with Crippen LogP contribution in [0.2, 0.25) is 0 Å². The number of hydrogen-bond acceptors (Lipinski definition) is 4. The van der Waals surface area contributed by atoms with Gasteiger partial charge in [0.15, 0.2) is 11.5 Å². The first-order valence-corrected chi connectivity index (χ1v) is 9.54. The van der Waals surface area contributed by atoms with Gasteiger partial charge in [0.05, 0.1) is 6.54 Å². The Morgan fingerprint density at radius 2 is 2.00 bits per heavy atom. The molecule has 2 aliphatic heterocycles. The molecule has 0 N–H and O–H groups in total. The number of benzene rings is 1. The van der Waals surface area contributed by atoms with Crippen molar-refractivity contribution < 1.29 is 9.21 Å². The Labute approximate surface area is 149 Å². The van der Waals surface area contributed by atoms with E-state index in [9.17, 15) is 4.79 Å². The Bertz CT molecular complexity index is 700. The second kappa shape index (κ2) is 7.16. The van der Waals surface area contributed by atoms with Gasteiger partial charge in [-0.15, -0.1) is 0 Å². The molecule has 25 heavy (non-hydrogen) atoms. The molecule has 5 nitrogen and oxygen atoms in total. The van der Waals surface area contributed by atoms with Crippen LogP contribution in [0, 0.1) is 5.92 Å². The smallest absolute Gasteiger partial charge is 0.236 e. The average Bonchev–Trinajstić information content (AvgIpc) is 3.07. The molecule has 2 aromatic rings. The van der Waals surface area contributed by atoms with Crippen molar-refractivity contribution in [3.63, 3.8) is 0 Å². The quantitative estimate of drug-likeness (QED) is 0.860. The van der Waals surface area contributed by atoms with Gasteiger partial charge in [0, 0.05) is 25.6 Å². The lowest BCUT2D eigenvalue weighted by Crippen LogP contribution is -2.46. The van der Waals surface area contributed by atoms with Crippen molar-refractivity contribution in [3.8, 4) is 0 Å². The molecule has 0 saturated carbocycles. The fraction of sp³-hybridized carbons (Fsp3) is 0.600. The van der Waals surface area contributed by atoms with Gasteiger partial charge in [-0.25, -0.2) is 4.98 Å². The molecule has 2 saturated heterocycles. The van der Waals surface area contributed by atoms with E-state index in [4.69, 9.17) is 4.42 Å². The van der Waals surface area contributed by atoms with Gasteiger partial charge in [0.2, 0.25) is 5.91 Å². The van der Waals surface area contributed by atoms with Crippen LogP contribution >= 0.6 is 0 Å². The highest BCUT2D eigenvalue weighted by Crippen LogP contribution is 2.29. The van der Waals surface area contributed by atoms with Crippen molar-refractivity contribution in [1.82, 2.24) is 14.8 Å². The van der Waals surface area contributed by atoms with Crippen LogP contribution in [0.1, 0.15) is 44.4 Å². The second-order valence-corrected chi connectivity index (χ2v) is 7.66. The molecular formula is C20H27N3O2. The molecule has 1 aromatic carbocycles. The van der Waals surface area contributed by atoms with E-state index in [-0.39, 0.29) is 11.8 Å². The number of fused-ring (bicyclic) bond motifs is 1. The molecule has 2 fully saturated rings. The summed E-state index contributed by atoms with van der Waals surface area (Å²) in [6.45, 7) is 6.50. The van der Waals surface area contributed by atoms with Crippen molar-refractivity contribution in [2.24, 2.45) is 5.92 Å². The predicted octanol–water partition coefficient (Wildman–Crippen LogP) is 3.27. The fourth-order valence-corrected chi connectivity index (χ4v) is 4.01. The molecular weight excluding hydrogens is 314 g/mol. The Morgan fingerprint density at radius 1 is 1.20 bits per heavy atom. The third kappa shape index (κ3) is 3.71. The number of likely N-dealkylation sites (tertiary alicyclic amines) is 2. The van der Waals surface area contributed by atoms with Gasteiger partial charge in [0.25, 0.3) is 0 Å². The molecule has 1 aromatic heterocycles. The van der Waals surface area contributed by atoms with Gasteiger partial charge in [0.1, 0.15) is 5.52 Å². The summed E-state index contributed by atoms with van der Waals surface area (Å²) in [5.41, 5.74) is 1.78. The first kappa shape index (κ1) is 16.6. The Kier molecular flexibility index (Phi) is 4.75. The number of aromatic nitrogens is 1. The first-order chi connectivity index (χ1) is 12.2. The van der Waals surface area contributed by atoms with Crippen molar-refractivity contribution in [3.05, 3.63) is 30.2 Å². The number of nitrogens with zero attached hydrogens (tertiary/aromatic N) is 3. The van der Waals surface area contributed by atoms with Gasteiger partial charge >= 0.3 is 0 Å². The van der Waals surface area contributed by atoms with E-state index in [0.29, 0.717) is 6.54 Å². The fourth-order valence-electron chi connectivity index (χ4n) is 4.01. The molecule has 2 aliphatic rings. The maximum atomic E-state index is 12.6. The minimum Gasteiger partial charge on any atom is -0.440 e. The van der Waals surface area contributed by atoms with Crippen LogP contribution in [-0.4, -0.2) is 53.4 Å². The standard InChI is InChI=1S/C20H27N3O2/c1-15-8-11-23(12-9-15)19(24)14-22-10-4-5-16(13-22)20-21-17-6-2-3-7-18(17)25-20/h2-3,6-7,15-16H,4-5,8-14H2,1H3/t16-/m1/s1. The summed E-state index contributed by atoms with van der Waals surface area (Å²) in [6, 6.07) is 7.92. The highest BCUT2D eigenvalue weighted by molar-refractivity contribution is 5.78. The van der Waals surface area contributed by atoms with Gasteiger partial charge in [-0.1, -0.05) is 19.1 Å².